The fraction of sp³-hybridized carbons (Fsp3) is 0.769. The van der Waals surface area contributed by atoms with E-state index in [0.717, 1.165) is 19.3 Å². The van der Waals surface area contributed by atoms with Crippen molar-refractivity contribution in [2.45, 2.75) is 51.9 Å². The topological polar surface area (TPSA) is 46.5 Å². The molecule has 0 fully saturated rings. The summed E-state index contributed by atoms with van der Waals surface area (Å²) in [6.07, 6.45) is 12.6. The molecule has 1 N–H and O–H groups in total. The number of ether oxygens (including phenoxy) is 1. The van der Waals surface area contributed by atoms with Crippen LogP contribution in [0.4, 0.5) is 0 Å². The Bertz CT molecular complexity index is 188. The summed E-state index contributed by atoms with van der Waals surface area (Å²) in [5, 5.41) is 8.32. The molecule has 0 aromatic carbocycles. The van der Waals surface area contributed by atoms with Gasteiger partial charge in [-0.25, -0.2) is 4.79 Å². The highest BCUT2D eigenvalue weighted by atomic mass is 16.5. The van der Waals surface area contributed by atoms with Gasteiger partial charge in [0, 0.05) is 6.61 Å². The third-order valence-electron chi connectivity index (χ3n) is 2.26. The molecule has 3 nitrogen and oxygen atoms in total. The Morgan fingerprint density at radius 3 is 2.50 bits per heavy atom. The van der Waals surface area contributed by atoms with E-state index in [1.54, 1.807) is 0 Å². The predicted molar refractivity (Wildman–Crippen MR) is 65.6 cm³/mol. The molecule has 0 heterocycles. The van der Waals surface area contributed by atoms with Gasteiger partial charge in [0.1, 0.15) is 6.61 Å². The molecule has 0 atom stereocenters. The number of hydrogen-bond acceptors (Lipinski definition) is 2. The molecule has 0 saturated carbocycles. The van der Waals surface area contributed by atoms with Gasteiger partial charge in [0.25, 0.3) is 0 Å². The van der Waals surface area contributed by atoms with Gasteiger partial charge >= 0.3 is 5.97 Å². The second kappa shape index (κ2) is 12.2. The Labute approximate surface area is 98.5 Å². The molecule has 0 aliphatic heterocycles. The molecule has 3 heteroatoms. The lowest BCUT2D eigenvalue weighted by molar-refractivity contribution is -0.142. The summed E-state index contributed by atoms with van der Waals surface area (Å²) in [6.45, 7) is 2.58. The molecular formula is C13H24O3. The molecule has 0 aliphatic carbocycles. The van der Waals surface area contributed by atoms with Crippen LogP contribution in [0.15, 0.2) is 12.2 Å². The summed E-state index contributed by atoms with van der Waals surface area (Å²) in [7, 11) is 0. The maximum absolute atomic E-state index is 10.1. The zero-order chi connectivity index (χ0) is 12.1. The van der Waals surface area contributed by atoms with Gasteiger partial charge in [-0.15, -0.1) is 0 Å². The monoisotopic (exact) mass is 228 g/mol. The minimum absolute atomic E-state index is 0.167. The summed E-state index contributed by atoms with van der Waals surface area (Å²) in [4.78, 5) is 10.1. The Kier molecular flexibility index (Phi) is 11.6. The van der Waals surface area contributed by atoms with Crippen molar-refractivity contribution >= 4 is 5.97 Å². The quantitative estimate of drug-likeness (QED) is 0.435. The van der Waals surface area contributed by atoms with E-state index >= 15 is 0 Å². The van der Waals surface area contributed by atoms with Crippen LogP contribution in [0.3, 0.4) is 0 Å². The molecule has 0 aliphatic rings. The lowest BCUT2D eigenvalue weighted by atomic mass is 10.1. The number of carboxylic acids is 1. The largest absolute Gasteiger partial charge is 0.480 e. The second-order valence-electron chi connectivity index (χ2n) is 3.91. The van der Waals surface area contributed by atoms with Gasteiger partial charge in [-0.05, 0) is 25.7 Å². The predicted octanol–water partition coefficient (Wildman–Crippen LogP) is 3.39. The molecule has 0 rings (SSSR count). The molecule has 0 bridgehead atoms. The number of hydrogen-bond donors (Lipinski definition) is 1. The average molecular weight is 228 g/mol. The van der Waals surface area contributed by atoms with Gasteiger partial charge in [0.2, 0.25) is 0 Å². The number of carboxylic acid groups (broad SMARTS) is 1. The molecule has 0 saturated heterocycles. The standard InChI is InChI=1S/C13H24O3/c1-2-3-4-5-6-7-8-9-10-11-16-12-13(14)15/h4-5H,2-3,6-12H2,1H3,(H,14,15). The number of unbranched alkanes of at least 4 members (excludes halogenated alkanes) is 5. The number of carbonyl (C=O) groups is 1. The van der Waals surface area contributed by atoms with Gasteiger partial charge in [-0.3, -0.25) is 0 Å². The van der Waals surface area contributed by atoms with E-state index in [1.807, 2.05) is 0 Å². The minimum Gasteiger partial charge on any atom is -0.480 e. The van der Waals surface area contributed by atoms with E-state index < -0.39 is 5.97 Å². The van der Waals surface area contributed by atoms with Crippen LogP contribution < -0.4 is 0 Å². The molecule has 94 valence electrons. The van der Waals surface area contributed by atoms with Gasteiger partial charge in [0.05, 0.1) is 0 Å². The van der Waals surface area contributed by atoms with E-state index in [2.05, 4.69) is 19.1 Å². The van der Waals surface area contributed by atoms with Crippen molar-refractivity contribution in [3.63, 3.8) is 0 Å². The van der Waals surface area contributed by atoms with Crippen molar-refractivity contribution in [3.05, 3.63) is 12.2 Å². The average Bonchev–Trinajstić information content (AvgIpc) is 2.25. The zero-order valence-corrected chi connectivity index (χ0v) is 10.3. The van der Waals surface area contributed by atoms with Crippen LogP contribution in [0.2, 0.25) is 0 Å². The molecule has 0 aromatic heterocycles. The summed E-state index contributed by atoms with van der Waals surface area (Å²) >= 11 is 0. The van der Waals surface area contributed by atoms with E-state index in [0.29, 0.717) is 6.61 Å². The zero-order valence-electron chi connectivity index (χ0n) is 10.3. The van der Waals surface area contributed by atoms with E-state index in [4.69, 9.17) is 9.84 Å². The number of rotatable bonds is 11. The normalized spacial score (nSPS) is 11.1. The van der Waals surface area contributed by atoms with E-state index in [-0.39, 0.29) is 6.61 Å². The maximum Gasteiger partial charge on any atom is 0.329 e. The lowest BCUT2D eigenvalue weighted by Gasteiger charge is -2.00. The number of aliphatic carboxylic acids is 1. The van der Waals surface area contributed by atoms with Crippen LogP contribution in [-0.4, -0.2) is 24.3 Å². The smallest absolute Gasteiger partial charge is 0.329 e. The van der Waals surface area contributed by atoms with Crippen LogP contribution in [0.1, 0.15) is 51.9 Å². The molecule has 0 radical (unpaired) electrons. The molecule has 0 unspecified atom stereocenters. The Morgan fingerprint density at radius 1 is 1.12 bits per heavy atom. The Hall–Kier alpha value is -0.830. The Balaban J connectivity index is 3.01. The molecule has 0 amide bonds. The SMILES string of the molecule is CCCC=CCCCCCCOCC(=O)O. The van der Waals surface area contributed by atoms with Crippen molar-refractivity contribution in [1.82, 2.24) is 0 Å². The van der Waals surface area contributed by atoms with Crippen molar-refractivity contribution < 1.29 is 14.6 Å². The first-order chi connectivity index (χ1) is 7.77. The van der Waals surface area contributed by atoms with Crippen LogP contribution in [0.5, 0.6) is 0 Å². The van der Waals surface area contributed by atoms with Crippen molar-refractivity contribution in [3.8, 4) is 0 Å². The molecule has 0 spiro atoms. The van der Waals surface area contributed by atoms with Crippen LogP contribution >= 0.6 is 0 Å². The summed E-state index contributed by atoms with van der Waals surface area (Å²) in [6, 6.07) is 0. The third kappa shape index (κ3) is 13.2. The molecular weight excluding hydrogens is 204 g/mol. The fourth-order valence-electron chi connectivity index (χ4n) is 1.38. The summed E-state index contributed by atoms with van der Waals surface area (Å²) in [5.74, 6) is -0.888. The minimum atomic E-state index is -0.888. The van der Waals surface area contributed by atoms with Crippen molar-refractivity contribution in [1.29, 1.82) is 0 Å². The number of allylic oxidation sites excluding steroid dienone is 2. The van der Waals surface area contributed by atoms with Gasteiger partial charge in [-0.1, -0.05) is 38.3 Å². The third-order valence-corrected chi connectivity index (χ3v) is 2.26. The fourth-order valence-corrected chi connectivity index (χ4v) is 1.38. The Morgan fingerprint density at radius 2 is 1.81 bits per heavy atom. The highest BCUT2D eigenvalue weighted by Crippen LogP contribution is 2.04. The highest BCUT2D eigenvalue weighted by molar-refractivity contribution is 5.67. The summed E-state index contributed by atoms with van der Waals surface area (Å²) in [5.41, 5.74) is 0. The first-order valence-corrected chi connectivity index (χ1v) is 6.22. The highest BCUT2D eigenvalue weighted by Gasteiger charge is 1.95. The van der Waals surface area contributed by atoms with Crippen LogP contribution in [-0.2, 0) is 9.53 Å². The summed E-state index contributed by atoms with van der Waals surface area (Å²) < 4.78 is 4.94. The first-order valence-electron chi connectivity index (χ1n) is 6.22. The lowest BCUT2D eigenvalue weighted by Crippen LogP contribution is -2.07. The van der Waals surface area contributed by atoms with Crippen molar-refractivity contribution in [2.24, 2.45) is 0 Å². The van der Waals surface area contributed by atoms with Gasteiger partial charge in [0.15, 0.2) is 0 Å². The first kappa shape index (κ1) is 15.2. The molecule has 0 aromatic rings. The maximum atomic E-state index is 10.1. The van der Waals surface area contributed by atoms with Gasteiger partial charge in [-0.2, -0.15) is 0 Å². The van der Waals surface area contributed by atoms with Crippen LogP contribution in [0, 0.1) is 0 Å². The molecule has 16 heavy (non-hydrogen) atoms. The van der Waals surface area contributed by atoms with Gasteiger partial charge < -0.3 is 9.84 Å². The second-order valence-corrected chi connectivity index (χ2v) is 3.91. The van der Waals surface area contributed by atoms with E-state index in [1.165, 1.54) is 25.7 Å². The van der Waals surface area contributed by atoms with E-state index in [9.17, 15) is 4.79 Å². The van der Waals surface area contributed by atoms with Crippen molar-refractivity contribution in [2.75, 3.05) is 13.2 Å². The van der Waals surface area contributed by atoms with Crippen LogP contribution in [0.25, 0.3) is 0 Å².